The zero-order chi connectivity index (χ0) is 12.3. The van der Waals surface area contributed by atoms with Crippen LogP contribution >= 0.6 is 0 Å². The van der Waals surface area contributed by atoms with Crippen LogP contribution in [0, 0.1) is 6.92 Å². The van der Waals surface area contributed by atoms with Crippen molar-refractivity contribution in [2.45, 2.75) is 32.8 Å². The molecule has 1 aromatic carbocycles. The van der Waals surface area contributed by atoms with Crippen molar-refractivity contribution < 1.29 is 4.74 Å². The zero-order valence-electron chi connectivity index (χ0n) is 10.8. The van der Waals surface area contributed by atoms with Crippen LogP contribution in [0.4, 0.5) is 11.4 Å². The van der Waals surface area contributed by atoms with Crippen LogP contribution in [-0.2, 0) is 4.74 Å². The summed E-state index contributed by atoms with van der Waals surface area (Å²) in [6.45, 7) is 7.09. The van der Waals surface area contributed by atoms with Gasteiger partial charge in [-0.25, -0.2) is 0 Å². The summed E-state index contributed by atoms with van der Waals surface area (Å²) in [6.07, 6.45) is 2.73. The van der Waals surface area contributed by atoms with E-state index in [-0.39, 0.29) is 0 Å². The summed E-state index contributed by atoms with van der Waals surface area (Å²) in [5, 5.41) is 0. The summed E-state index contributed by atoms with van der Waals surface area (Å²) in [5.41, 5.74) is 9.31. The van der Waals surface area contributed by atoms with E-state index in [1.165, 1.54) is 18.4 Å². The normalized spacial score (nSPS) is 19.5. The Morgan fingerprint density at radius 3 is 2.94 bits per heavy atom. The van der Waals surface area contributed by atoms with Crippen molar-refractivity contribution >= 4 is 11.4 Å². The molecule has 1 aromatic rings. The average molecular weight is 234 g/mol. The molecule has 17 heavy (non-hydrogen) atoms. The standard InChI is InChI=1S/C14H22N2O/c1-3-16(10-12-5-4-8-17-12)14-9-11(2)6-7-13(14)15/h6-7,9,12H,3-5,8,10,15H2,1-2H3. The molecule has 1 aliphatic heterocycles. The first-order valence-electron chi connectivity index (χ1n) is 6.43. The molecule has 0 radical (unpaired) electrons. The first-order chi connectivity index (χ1) is 8.20. The van der Waals surface area contributed by atoms with Crippen LogP contribution in [0.2, 0.25) is 0 Å². The third-order valence-electron chi connectivity index (χ3n) is 3.36. The second-order valence-corrected chi connectivity index (χ2v) is 4.74. The van der Waals surface area contributed by atoms with Gasteiger partial charge >= 0.3 is 0 Å². The van der Waals surface area contributed by atoms with Crippen molar-refractivity contribution in [3.8, 4) is 0 Å². The van der Waals surface area contributed by atoms with Crippen LogP contribution in [0.25, 0.3) is 0 Å². The molecule has 1 unspecified atom stereocenters. The Labute approximate surface area is 104 Å². The molecule has 1 heterocycles. The van der Waals surface area contributed by atoms with Gasteiger partial charge in [-0.15, -0.1) is 0 Å². The Morgan fingerprint density at radius 1 is 1.47 bits per heavy atom. The van der Waals surface area contributed by atoms with Gasteiger partial charge in [0.25, 0.3) is 0 Å². The third kappa shape index (κ3) is 2.91. The molecule has 0 spiro atoms. The number of nitrogens with two attached hydrogens (primary N) is 1. The van der Waals surface area contributed by atoms with Crippen molar-refractivity contribution in [3.63, 3.8) is 0 Å². The maximum absolute atomic E-state index is 6.06. The minimum Gasteiger partial charge on any atom is -0.397 e. The number of likely N-dealkylation sites (N-methyl/N-ethyl adjacent to an activating group) is 1. The number of nitrogens with zero attached hydrogens (tertiary/aromatic N) is 1. The second-order valence-electron chi connectivity index (χ2n) is 4.74. The molecule has 94 valence electrons. The van der Waals surface area contributed by atoms with Crippen LogP contribution in [0.5, 0.6) is 0 Å². The van der Waals surface area contributed by atoms with Gasteiger partial charge in [0.1, 0.15) is 0 Å². The minimum atomic E-state index is 0.370. The molecule has 0 bridgehead atoms. The molecule has 0 saturated carbocycles. The maximum Gasteiger partial charge on any atom is 0.0750 e. The molecule has 1 atom stereocenters. The van der Waals surface area contributed by atoms with Gasteiger partial charge in [-0.1, -0.05) is 6.07 Å². The van der Waals surface area contributed by atoms with Crippen LogP contribution in [-0.4, -0.2) is 25.8 Å². The highest BCUT2D eigenvalue weighted by Gasteiger charge is 2.19. The smallest absolute Gasteiger partial charge is 0.0750 e. The molecule has 1 aliphatic rings. The van der Waals surface area contributed by atoms with E-state index in [9.17, 15) is 0 Å². The number of hydrogen-bond donors (Lipinski definition) is 1. The molecule has 3 heteroatoms. The van der Waals surface area contributed by atoms with Crippen molar-refractivity contribution in [2.75, 3.05) is 30.3 Å². The lowest BCUT2D eigenvalue weighted by molar-refractivity contribution is 0.116. The van der Waals surface area contributed by atoms with Gasteiger partial charge in [0, 0.05) is 19.7 Å². The molecule has 3 nitrogen and oxygen atoms in total. The highest BCUT2D eigenvalue weighted by molar-refractivity contribution is 5.68. The Kier molecular flexibility index (Phi) is 3.89. The summed E-state index contributed by atoms with van der Waals surface area (Å²) in [5.74, 6) is 0. The number of aryl methyl sites for hydroxylation is 1. The molecule has 1 saturated heterocycles. The first kappa shape index (κ1) is 12.2. The fourth-order valence-corrected chi connectivity index (χ4v) is 2.36. The molecular weight excluding hydrogens is 212 g/mol. The largest absolute Gasteiger partial charge is 0.397 e. The number of anilines is 2. The van der Waals surface area contributed by atoms with Gasteiger partial charge < -0.3 is 15.4 Å². The quantitative estimate of drug-likeness (QED) is 0.814. The van der Waals surface area contributed by atoms with E-state index < -0.39 is 0 Å². The van der Waals surface area contributed by atoms with E-state index in [2.05, 4.69) is 30.9 Å². The Hall–Kier alpha value is -1.22. The van der Waals surface area contributed by atoms with Gasteiger partial charge in [-0.2, -0.15) is 0 Å². The number of rotatable bonds is 4. The monoisotopic (exact) mass is 234 g/mol. The van der Waals surface area contributed by atoms with Gasteiger partial charge in [0.15, 0.2) is 0 Å². The summed E-state index contributed by atoms with van der Waals surface area (Å²) in [4.78, 5) is 2.32. The van der Waals surface area contributed by atoms with E-state index >= 15 is 0 Å². The van der Waals surface area contributed by atoms with Crippen LogP contribution in [0.1, 0.15) is 25.3 Å². The van der Waals surface area contributed by atoms with Crippen molar-refractivity contribution in [2.24, 2.45) is 0 Å². The summed E-state index contributed by atoms with van der Waals surface area (Å²) in [7, 11) is 0. The molecule has 2 rings (SSSR count). The van der Waals surface area contributed by atoms with Crippen LogP contribution in [0.3, 0.4) is 0 Å². The molecular formula is C14H22N2O. The van der Waals surface area contributed by atoms with E-state index in [0.29, 0.717) is 6.10 Å². The average Bonchev–Trinajstić information content (AvgIpc) is 2.82. The number of nitrogen functional groups attached to an aromatic ring is 1. The van der Waals surface area contributed by atoms with E-state index in [1.807, 2.05) is 6.07 Å². The molecule has 1 fully saturated rings. The predicted molar refractivity (Wildman–Crippen MR) is 72.5 cm³/mol. The van der Waals surface area contributed by atoms with E-state index in [0.717, 1.165) is 31.1 Å². The lowest BCUT2D eigenvalue weighted by Crippen LogP contribution is -2.32. The van der Waals surface area contributed by atoms with Crippen molar-refractivity contribution in [3.05, 3.63) is 23.8 Å². The van der Waals surface area contributed by atoms with Gasteiger partial charge in [0.05, 0.1) is 17.5 Å². The van der Waals surface area contributed by atoms with Gasteiger partial charge in [-0.05, 0) is 44.4 Å². The Bertz CT molecular complexity index is 372. The zero-order valence-corrected chi connectivity index (χ0v) is 10.8. The number of hydrogen-bond acceptors (Lipinski definition) is 3. The van der Waals surface area contributed by atoms with E-state index in [1.54, 1.807) is 0 Å². The van der Waals surface area contributed by atoms with Gasteiger partial charge in [-0.3, -0.25) is 0 Å². The van der Waals surface area contributed by atoms with E-state index in [4.69, 9.17) is 10.5 Å². The fourth-order valence-electron chi connectivity index (χ4n) is 2.36. The Balaban J connectivity index is 2.13. The predicted octanol–water partition coefficient (Wildman–Crippen LogP) is 2.58. The summed E-state index contributed by atoms with van der Waals surface area (Å²) in [6, 6.07) is 6.20. The summed E-state index contributed by atoms with van der Waals surface area (Å²) >= 11 is 0. The Morgan fingerprint density at radius 2 is 2.29 bits per heavy atom. The molecule has 0 aromatic heterocycles. The second kappa shape index (κ2) is 5.41. The van der Waals surface area contributed by atoms with Gasteiger partial charge in [0.2, 0.25) is 0 Å². The highest BCUT2D eigenvalue weighted by atomic mass is 16.5. The SMILES string of the molecule is CCN(CC1CCCO1)c1cc(C)ccc1N. The maximum atomic E-state index is 6.06. The summed E-state index contributed by atoms with van der Waals surface area (Å²) < 4.78 is 5.69. The third-order valence-corrected chi connectivity index (χ3v) is 3.36. The number of benzene rings is 1. The highest BCUT2D eigenvalue weighted by Crippen LogP contribution is 2.26. The molecule has 0 amide bonds. The first-order valence-corrected chi connectivity index (χ1v) is 6.43. The van der Waals surface area contributed by atoms with Crippen molar-refractivity contribution in [1.29, 1.82) is 0 Å². The van der Waals surface area contributed by atoms with Crippen LogP contribution < -0.4 is 10.6 Å². The minimum absolute atomic E-state index is 0.370. The topological polar surface area (TPSA) is 38.5 Å². The lowest BCUT2D eigenvalue weighted by Gasteiger charge is -2.27. The van der Waals surface area contributed by atoms with Crippen LogP contribution in [0.15, 0.2) is 18.2 Å². The van der Waals surface area contributed by atoms with Crippen molar-refractivity contribution in [1.82, 2.24) is 0 Å². The lowest BCUT2D eigenvalue weighted by atomic mass is 10.1. The number of ether oxygens (including phenoxy) is 1. The molecule has 0 aliphatic carbocycles. The fraction of sp³-hybridized carbons (Fsp3) is 0.571. The molecule has 2 N–H and O–H groups in total.